The number of nitrogens with two attached hydrogens (primary N) is 1. The van der Waals surface area contributed by atoms with Crippen LogP contribution in [0.3, 0.4) is 0 Å². The van der Waals surface area contributed by atoms with Gasteiger partial charge in [0, 0.05) is 6.04 Å². The molecule has 1 aromatic heterocycles. The van der Waals surface area contributed by atoms with Crippen molar-refractivity contribution >= 4 is 5.91 Å². The van der Waals surface area contributed by atoms with Crippen LogP contribution in [0.1, 0.15) is 28.6 Å². The van der Waals surface area contributed by atoms with Gasteiger partial charge in [-0.3, -0.25) is 14.3 Å². The van der Waals surface area contributed by atoms with Gasteiger partial charge in [-0.2, -0.15) is 13.2 Å². The van der Waals surface area contributed by atoms with Crippen LogP contribution in [0.4, 0.5) is 13.2 Å². The maximum Gasteiger partial charge on any atom is 0.438 e. The molecule has 1 heterocycles. The van der Waals surface area contributed by atoms with Gasteiger partial charge in [-0.25, -0.2) is 4.79 Å². The number of amides is 1. The molecule has 3 aromatic rings. The summed E-state index contributed by atoms with van der Waals surface area (Å²) in [5.41, 5.74) is 5.73. The molecule has 0 aliphatic rings. The lowest BCUT2D eigenvalue weighted by atomic mass is 9.99. The van der Waals surface area contributed by atoms with Gasteiger partial charge in [0.05, 0.1) is 5.56 Å². The Hall–Kier alpha value is -3.44. The highest BCUT2D eigenvalue weighted by molar-refractivity contribution is 5.82. The predicted octanol–water partition coefficient (Wildman–Crippen LogP) is 1.52. The van der Waals surface area contributed by atoms with Crippen molar-refractivity contribution in [1.29, 1.82) is 0 Å². The van der Waals surface area contributed by atoms with E-state index in [1.54, 1.807) is 30.3 Å². The zero-order chi connectivity index (χ0) is 22.6. The Bertz CT molecular complexity index is 1080. The van der Waals surface area contributed by atoms with Crippen molar-refractivity contribution in [1.82, 2.24) is 15.5 Å². The van der Waals surface area contributed by atoms with Gasteiger partial charge in [-0.1, -0.05) is 47.6 Å². The van der Waals surface area contributed by atoms with Crippen molar-refractivity contribution in [3.05, 3.63) is 87.7 Å². The second-order valence-electron chi connectivity index (χ2n) is 6.84. The first-order chi connectivity index (χ1) is 14.6. The number of aliphatic hydroxyl groups excluding tert-OH is 1. The van der Waals surface area contributed by atoms with Crippen LogP contribution in [0.15, 0.2) is 63.9 Å². The molecule has 0 radical (unpaired) electrons. The molecule has 2 aromatic carbocycles. The molecule has 164 valence electrons. The number of rotatable bonds is 7. The van der Waals surface area contributed by atoms with Crippen LogP contribution in [-0.2, 0) is 17.4 Å². The molecular weight excluding hydrogens is 417 g/mol. The van der Waals surface area contributed by atoms with Crippen molar-refractivity contribution in [2.75, 3.05) is 0 Å². The lowest BCUT2D eigenvalue weighted by Gasteiger charge is -2.22. The highest BCUT2D eigenvalue weighted by Gasteiger charge is 2.33. The lowest BCUT2D eigenvalue weighted by Crippen LogP contribution is -2.48. The molecule has 11 heteroatoms. The first kappa shape index (κ1) is 22.2. The van der Waals surface area contributed by atoms with Crippen molar-refractivity contribution in [2.45, 2.75) is 30.8 Å². The molecule has 1 unspecified atom stereocenters. The average molecular weight is 436 g/mol. The molecule has 1 amide bonds. The van der Waals surface area contributed by atoms with Gasteiger partial charge in [0.25, 0.3) is 5.91 Å². The molecule has 0 bridgehead atoms. The van der Waals surface area contributed by atoms with E-state index in [1.165, 1.54) is 6.07 Å². The summed E-state index contributed by atoms with van der Waals surface area (Å²) in [5, 5.41) is 16.2. The number of hydrogen-bond acceptors (Lipinski definition) is 6. The zero-order valence-electron chi connectivity index (χ0n) is 16.0. The number of carbonyl (C=O) groups excluding carboxylic acids is 1. The van der Waals surface area contributed by atoms with E-state index in [4.69, 9.17) is 5.73 Å². The molecule has 0 spiro atoms. The minimum Gasteiger partial charge on any atom is -0.382 e. The van der Waals surface area contributed by atoms with Crippen molar-refractivity contribution in [3.63, 3.8) is 0 Å². The van der Waals surface area contributed by atoms with E-state index in [0.717, 1.165) is 23.8 Å². The van der Waals surface area contributed by atoms with Gasteiger partial charge in [0.1, 0.15) is 12.1 Å². The number of hydrogen-bond donors (Lipinski definition) is 4. The molecule has 31 heavy (non-hydrogen) atoms. The Morgan fingerprint density at radius 2 is 1.90 bits per heavy atom. The number of nitrogens with one attached hydrogen (secondary N) is 2. The Morgan fingerprint density at radius 1 is 1.19 bits per heavy atom. The first-order valence-corrected chi connectivity index (χ1v) is 9.16. The minimum atomic E-state index is -4.63. The molecule has 8 nitrogen and oxygen atoms in total. The lowest BCUT2D eigenvalue weighted by molar-refractivity contribution is -0.137. The third kappa shape index (κ3) is 5.58. The van der Waals surface area contributed by atoms with Crippen molar-refractivity contribution in [3.8, 4) is 0 Å². The van der Waals surface area contributed by atoms with Gasteiger partial charge < -0.3 is 16.2 Å². The summed E-state index contributed by atoms with van der Waals surface area (Å²) in [6, 6.07) is 10.7. The summed E-state index contributed by atoms with van der Waals surface area (Å²) in [6.07, 6.45) is -6.11. The molecule has 3 atom stereocenters. The third-order valence-corrected chi connectivity index (χ3v) is 4.55. The minimum absolute atomic E-state index is 0.0310. The Kier molecular flexibility index (Phi) is 6.56. The number of nitrogens with zero attached hydrogens (tertiary/aromatic N) is 1. The summed E-state index contributed by atoms with van der Waals surface area (Å²) in [6.45, 7) is 0. The van der Waals surface area contributed by atoms with Crippen LogP contribution in [0.25, 0.3) is 0 Å². The van der Waals surface area contributed by atoms with Crippen molar-refractivity contribution < 1.29 is 27.6 Å². The SMILES string of the molecule is N[C@H](Cc1ccccc1)[C@H](O)C(=O)NC(c1cccc(C(F)(F)F)c1)c1noc(=O)[nH]1. The van der Waals surface area contributed by atoms with Crippen molar-refractivity contribution in [2.24, 2.45) is 5.73 Å². The van der Waals surface area contributed by atoms with E-state index in [1.807, 2.05) is 0 Å². The Balaban J connectivity index is 1.84. The topological polar surface area (TPSA) is 134 Å². The molecule has 0 aliphatic carbocycles. The number of alkyl halides is 3. The molecule has 3 rings (SSSR count). The smallest absolute Gasteiger partial charge is 0.382 e. The zero-order valence-corrected chi connectivity index (χ0v) is 16.0. The summed E-state index contributed by atoms with van der Waals surface area (Å²) < 4.78 is 43.7. The molecule has 0 aliphatic heterocycles. The van der Waals surface area contributed by atoms with Crippen LogP contribution < -0.4 is 16.8 Å². The molecule has 5 N–H and O–H groups in total. The van der Waals surface area contributed by atoms with E-state index in [0.29, 0.717) is 0 Å². The van der Waals surface area contributed by atoms with E-state index < -0.39 is 41.6 Å². The second kappa shape index (κ2) is 9.14. The number of benzene rings is 2. The predicted molar refractivity (Wildman–Crippen MR) is 103 cm³/mol. The summed E-state index contributed by atoms with van der Waals surface area (Å²) in [5.74, 6) is -2.14. The fraction of sp³-hybridized carbons (Fsp3) is 0.250. The van der Waals surface area contributed by atoms with E-state index >= 15 is 0 Å². The fourth-order valence-electron chi connectivity index (χ4n) is 2.99. The highest BCUT2D eigenvalue weighted by Crippen LogP contribution is 2.31. The largest absolute Gasteiger partial charge is 0.438 e. The maximum absolute atomic E-state index is 13.1. The van der Waals surface area contributed by atoms with Crippen LogP contribution in [-0.4, -0.2) is 33.3 Å². The highest BCUT2D eigenvalue weighted by atomic mass is 19.4. The standard InChI is InChI=1S/C20H19F3N4O4/c21-20(22,23)13-8-4-7-12(10-13)15(17-26-19(30)31-27-17)25-18(29)16(28)14(24)9-11-5-2-1-3-6-11/h1-8,10,14-16,28H,9,24H2,(H,25,29)(H,26,27,30)/t14-,15?,16+/m1/s1. The summed E-state index contributed by atoms with van der Waals surface area (Å²) in [4.78, 5) is 26.1. The quantitative estimate of drug-likeness (QED) is 0.444. The van der Waals surface area contributed by atoms with Gasteiger partial charge in [0.2, 0.25) is 0 Å². The molecule has 0 saturated carbocycles. The maximum atomic E-state index is 13.1. The van der Waals surface area contributed by atoms with E-state index in [-0.39, 0.29) is 17.8 Å². The first-order valence-electron chi connectivity index (χ1n) is 9.16. The number of aromatic amines is 1. The monoisotopic (exact) mass is 436 g/mol. The van der Waals surface area contributed by atoms with Gasteiger partial charge in [-0.05, 0) is 29.7 Å². The summed E-state index contributed by atoms with van der Waals surface area (Å²) in [7, 11) is 0. The number of halogens is 3. The molecule has 0 fully saturated rings. The number of aliphatic hydroxyl groups is 1. The number of aromatic nitrogens is 2. The number of H-pyrrole nitrogens is 1. The van der Waals surface area contributed by atoms with Crippen LogP contribution >= 0.6 is 0 Å². The van der Waals surface area contributed by atoms with E-state index in [9.17, 15) is 27.9 Å². The number of carbonyl (C=O) groups is 1. The molecular formula is C20H19F3N4O4. The average Bonchev–Trinajstić information content (AvgIpc) is 3.17. The van der Waals surface area contributed by atoms with Gasteiger partial charge in [-0.15, -0.1) is 0 Å². The summed E-state index contributed by atoms with van der Waals surface area (Å²) >= 11 is 0. The normalized spacial score (nSPS) is 14.6. The van der Waals surface area contributed by atoms with Crippen LogP contribution in [0, 0.1) is 0 Å². The Morgan fingerprint density at radius 3 is 2.52 bits per heavy atom. The van der Waals surface area contributed by atoms with Crippen LogP contribution in [0.2, 0.25) is 0 Å². The van der Waals surface area contributed by atoms with E-state index in [2.05, 4.69) is 20.0 Å². The van der Waals surface area contributed by atoms with Gasteiger partial charge >= 0.3 is 11.9 Å². The molecule has 0 saturated heterocycles. The van der Waals surface area contributed by atoms with Gasteiger partial charge in [0.15, 0.2) is 5.82 Å². The fourth-order valence-corrected chi connectivity index (χ4v) is 2.99. The second-order valence-corrected chi connectivity index (χ2v) is 6.84. The Labute approximate surface area is 173 Å². The van der Waals surface area contributed by atoms with Crippen LogP contribution in [0.5, 0.6) is 0 Å². The third-order valence-electron chi connectivity index (χ3n) is 4.55.